The fraction of sp³-hybridized carbons (Fsp3) is 0.812. The van der Waals surface area contributed by atoms with Crippen LogP contribution in [0.3, 0.4) is 0 Å². The Bertz CT molecular complexity index is 394. The van der Waals surface area contributed by atoms with Gasteiger partial charge in [0.15, 0.2) is 0 Å². The molecule has 0 fully saturated rings. The van der Waals surface area contributed by atoms with E-state index < -0.39 is 41.8 Å². The zero-order valence-electron chi connectivity index (χ0n) is 15.6. The molecule has 0 aliphatic heterocycles. The van der Waals surface area contributed by atoms with Crippen molar-refractivity contribution in [3.63, 3.8) is 0 Å². The summed E-state index contributed by atoms with van der Waals surface area (Å²) in [4.78, 5) is 32.4. The Hall–Kier alpha value is -1.79. The summed E-state index contributed by atoms with van der Waals surface area (Å²) in [6.07, 6.45) is -0.696. The van der Waals surface area contributed by atoms with Gasteiger partial charge >= 0.3 is 17.9 Å². The van der Waals surface area contributed by atoms with E-state index in [1.807, 2.05) is 0 Å². The highest BCUT2D eigenvalue weighted by atomic mass is 16.4. The maximum Gasteiger partial charge on any atom is 0.306 e. The second-order valence-corrected chi connectivity index (χ2v) is 5.66. The normalized spacial score (nSPS) is 13.3. The lowest BCUT2D eigenvalue weighted by atomic mass is 9.86. The maximum atomic E-state index is 10.9. The molecule has 0 aliphatic carbocycles. The number of aliphatic hydroxyl groups excluding tert-OH is 5. The van der Waals surface area contributed by atoms with E-state index in [1.54, 1.807) is 6.92 Å². The van der Waals surface area contributed by atoms with Crippen LogP contribution in [-0.4, -0.2) is 91.3 Å². The van der Waals surface area contributed by atoms with Gasteiger partial charge in [-0.2, -0.15) is 0 Å². The molecule has 0 amide bonds. The standard InChI is InChI=1S/C11H18O6.C3H8O3.C2H6O2/c1-3-7(10(14)15)5-8(11(16)17)4-6(2)9(12)13;4-1-3(6)2-5;3-1-2-4/h6-8H,3-5H2,1-2H3,(H,12,13)(H,14,15)(H,16,17);3-6H,1-2H2;3-4H,1-2H2. The van der Waals surface area contributed by atoms with Crippen LogP contribution in [0.2, 0.25) is 0 Å². The van der Waals surface area contributed by atoms with Gasteiger partial charge in [0, 0.05) is 0 Å². The molecule has 0 radical (unpaired) electrons. The van der Waals surface area contributed by atoms with Gasteiger partial charge in [-0.15, -0.1) is 0 Å². The fourth-order valence-electron chi connectivity index (χ4n) is 1.67. The second kappa shape index (κ2) is 19.0. The maximum absolute atomic E-state index is 10.9. The molecular formula is C16H32O11. The van der Waals surface area contributed by atoms with Crippen molar-refractivity contribution < 1.29 is 55.2 Å². The van der Waals surface area contributed by atoms with E-state index in [1.165, 1.54) is 6.92 Å². The van der Waals surface area contributed by atoms with Crippen LogP contribution in [-0.2, 0) is 14.4 Å². The van der Waals surface area contributed by atoms with Crippen molar-refractivity contribution in [1.82, 2.24) is 0 Å². The minimum atomic E-state index is -1.14. The topological polar surface area (TPSA) is 213 Å². The van der Waals surface area contributed by atoms with Crippen LogP contribution in [0.15, 0.2) is 0 Å². The molecular weight excluding hydrogens is 368 g/mol. The third kappa shape index (κ3) is 18.8. The Labute approximate surface area is 157 Å². The Morgan fingerprint density at radius 2 is 1.15 bits per heavy atom. The van der Waals surface area contributed by atoms with Crippen LogP contribution in [0.25, 0.3) is 0 Å². The van der Waals surface area contributed by atoms with Crippen molar-refractivity contribution >= 4 is 17.9 Å². The van der Waals surface area contributed by atoms with E-state index in [9.17, 15) is 14.4 Å². The average molecular weight is 400 g/mol. The van der Waals surface area contributed by atoms with Crippen LogP contribution in [0.5, 0.6) is 0 Å². The number of aliphatic carboxylic acids is 3. The molecule has 0 saturated heterocycles. The van der Waals surface area contributed by atoms with Gasteiger partial charge in [0.05, 0.1) is 44.2 Å². The quantitative estimate of drug-likeness (QED) is 0.202. The first-order valence-electron chi connectivity index (χ1n) is 8.31. The first-order valence-corrected chi connectivity index (χ1v) is 8.31. The molecule has 8 N–H and O–H groups in total. The van der Waals surface area contributed by atoms with E-state index in [0.29, 0.717) is 6.42 Å². The summed E-state index contributed by atoms with van der Waals surface area (Å²) < 4.78 is 0. The molecule has 0 aromatic carbocycles. The van der Waals surface area contributed by atoms with Crippen molar-refractivity contribution in [3.8, 4) is 0 Å². The van der Waals surface area contributed by atoms with Gasteiger partial charge in [-0.25, -0.2) is 0 Å². The lowest BCUT2D eigenvalue weighted by Crippen LogP contribution is -2.26. The van der Waals surface area contributed by atoms with Gasteiger partial charge in [-0.1, -0.05) is 13.8 Å². The third-order valence-electron chi connectivity index (χ3n) is 3.34. The highest BCUT2D eigenvalue weighted by Crippen LogP contribution is 2.23. The molecule has 11 nitrogen and oxygen atoms in total. The first-order chi connectivity index (χ1) is 12.5. The van der Waals surface area contributed by atoms with E-state index in [0.717, 1.165) is 0 Å². The van der Waals surface area contributed by atoms with E-state index in [4.69, 9.17) is 40.9 Å². The van der Waals surface area contributed by atoms with Gasteiger partial charge in [0.1, 0.15) is 6.10 Å². The molecule has 162 valence electrons. The molecule has 3 unspecified atom stereocenters. The van der Waals surface area contributed by atoms with E-state index in [-0.39, 0.29) is 39.3 Å². The van der Waals surface area contributed by atoms with Crippen molar-refractivity contribution in [1.29, 1.82) is 0 Å². The van der Waals surface area contributed by atoms with Crippen LogP contribution >= 0.6 is 0 Å². The van der Waals surface area contributed by atoms with Crippen LogP contribution < -0.4 is 0 Å². The molecule has 0 aromatic rings. The second-order valence-electron chi connectivity index (χ2n) is 5.66. The van der Waals surface area contributed by atoms with Crippen LogP contribution in [0.4, 0.5) is 0 Å². The molecule has 0 rings (SSSR count). The Morgan fingerprint density at radius 1 is 0.741 bits per heavy atom. The predicted octanol–water partition coefficient (Wildman–Crippen LogP) is -1.40. The van der Waals surface area contributed by atoms with Crippen molar-refractivity contribution in [3.05, 3.63) is 0 Å². The fourth-order valence-corrected chi connectivity index (χ4v) is 1.67. The monoisotopic (exact) mass is 400 g/mol. The average Bonchev–Trinajstić information content (AvgIpc) is 2.64. The minimum Gasteiger partial charge on any atom is -0.481 e. The number of carbonyl (C=O) groups is 3. The number of carboxylic acid groups (broad SMARTS) is 3. The highest BCUT2D eigenvalue weighted by molar-refractivity contribution is 5.75. The Balaban J connectivity index is -0.000000472. The van der Waals surface area contributed by atoms with E-state index in [2.05, 4.69) is 0 Å². The zero-order valence-corrected chi connectivity index (χ0v) is 15.6. The predicted molar refractivity (Wildman–Crippen MR) is 92.9 cm³/mol. The van der Waals surface area contributed by atoms with Crippen molar-refractivity contribution in [2.75, 3.05) is 26.4 Å². The van der Waals surface area contributed by atoms with Crippen molar-refractivity contribution in [2.45, 2.75) is 39.2 Å². The summed E-state index contributed by atoms with van der Waals surface area (Å²) >= 11 is 0. The van der Waals surface area contributed by atoms with Crippen molar-refractivity contribution in [2.24, 2.45) is 17.8 Å². The number of hydrogen-bond acceptors (Lipinski definition) is 8. The Morgan fingerprint density at radius 3 is 1.33 bits per heavy atom. The van der Waals surface area contributed by atoms with Crippen LogP contribution in [0.1, 0.15) is 33.1 Å². The molecule has 3 atom stereocenters. The Kier molecular flexibility index (Phi) is 21.1. The summed E-state index contributed by atoms with van der Waals surface area (Å²) in [7, 11) is 0. The van der Waals surface area contributed by atoms with Gasteiger partial charge < -0.3 is 40.9 Å². The minimum absolute atomic E-state index is 0.0290. The highest BCUT2D eigenvalue weighted by Gasteiger charge is 2.28. The number of carboxylic acids is 3. The molecule has 0 aliphatic rings. The molecule has 0 heterocycles. The smallest absolute Gasteiger partial charge is 0.306 e. The lowest BCUT2D eigenvalue weighted by molar-refractivity contribution is -0.147. The summed E-state index contributed by atoms with van der Waals surface area (Å²) in [6.45, 7) is 2.10. The molecule has 11 heteroatoms. The number of rotatable bonds is 11. The molecule has 0 saturated carbocycles. The summed E-state index contributed by atoms with van der Waals surface area (Å²) in [5.74, 6) is -5.71. The zero-order chi connectivity index (χ0) is 22.0. The summed E-state index contributed by atoms with van der Waals surface area (Å²) in [5.41, 5.74) is 0. The largest absolute Gasteiger partial charge is 0.481 e. The van der Waals surface area contributed by atoms with Gasteiger partial charge in [0.25, 0.3) is 0 Å². The first kappa shape index (κ1) is 30.0. The SMILES string of the molecule is CCC(CC(CC(C)C(=O)O)C(=O)O)C(=O)O.OCC(O)CO.OCCO. The molecule has 27 heavy (non-hydrogen) atoms. The van der Waals surface area contributed by atoms with Gasteiger partial charge in [-0.3, -0.25) is 14.4 Å². The third-order valence-corrected chi connectivity index (χ3v) is 3.34. The molecule has 0 spiro atoms. The number of hydrogen-bond donors (Lipinski definition) is 8. The van der Waals surface area contributed by atoms with Gasteiger partial charge in [-0.05, 0) is 19.3 Å². The summed E-state index contributed by atoms with van der Waals surface area (Å²) in [6, 6.07) is 0. The lowest BCUT2D eigenvalue weighted by Gasteiger charge is -2.18. The van der Waals surface area contributed by atoms with Gasteiger partial charge in [0.2, 0.25) is 0 Å². The van der Waals surface area contributed by atoms with E-state index >= 15 is 0 Å². The molecule has 0 bridgehead atoms. The molecule has 0 aromatic heterocycles. The summed E-state index contributed by atoms with van der Waals surface area (Å²) in [5, 5.41) is 65.8. The number of aliphatic hydroxyl groups is 5. The van der Waals surface area contributed by atoms with Crippen LogP contribution in [0, 0.1) is 17.8 Å².